The first kappa shape index (κ1) is 18.6. The molecule has 23 heavy (non-hydrogen) atoms. The summed E-state index contributed by atoms with van der Waals surface area (Å²) in [7, 11) is 0. The summed E-state index contributed by atoms with van der Waals surface area (Å²) in [6.45, 7) is 3.91. The summed E-state index contributed by atoms with van der Waals surface area (Å²) in [5, 5.41) is 16.9. The number of hydrogen-bond donors (Lipinski definition) is 5. The molecule has 7 heteroatoms. The number of nitrogens with one attached hydrogen (secondary N) is 3. The van der Waals surface area contributed by atoms with Gasteiger partial charge in [-0.2, -0.15) is 5.26 Å². The van der Waals surface area contributed by atoms with Crippen LogP contribution in [0, 0.1) is 22.7 Å². The number of hydrazine groups is 1. The Morgan fingerprint density at radius 3 is 2.70 bits per heavy atom. The summed E-state index contributed by atoms with van der Waals surface area (Å²) < 4.78 is 0. The third kappa shape index (κ3) is 6.02. The van der Waals surface area contributed by atoms with E-state index in [0.717, 1.165) is 5.56 Å². The van der Waals surface area contributed by atoms with Gasteiger partial charge < -0.3 is 16.9 Å². The summed E-state index contributed by atoms with van der Waals surface area (Å²) in [6, 6.07) is 6.65. The van der Waals surface area contributed by atoms with Crippen LogP contribution < -0.4 is 22.3 Å². The molecule has 0 radical (unpaired) electrons. The molecule has 0 spiro atoms. The van der Waals surface area contributed by atoms with E-state index < -0.39 is 0 Å². The van der Waals surface area contributed by atoms with E-state index >= 15 is 0 Å². The minimum atomic E-state index is -0.389. The number of nitrogens with two attached hydrogens (primary N) is 2. The van der Waals surface area contributed by atoms with Gasteiger partial charge in [-0.05, 0) is 29.7 Å². The summed E-state index contributed by atoms with van der Waals surface area (Å²) in [4.78, 5) is 0. The van der Waals surface area contributed by atoms with Crippen molar-refractivity contribution in [2.24, 2.45) is 17.4 Å². The van der Waals surface area contributed by atoms with Gasteiger partial charge in [-0.25, -0.2) is 0 Å². The Balaban J connectivity index is 2.55. The SMILES string of the molecule is CC(C)/C(N)=C/C(=N)NN/C=C\C(N)c1ccc(C#N)c(Cl)c1. The second kappa shape index (κ2) is 8.83. The van der Waals surface area contributed by atoms with Crippen LogP contribution in [0.5, 0.6) is 0 Å². The van der Waals surface area contributed by atoms with Gasteiger partial charge in [-0.15, -0.1) is 0 Å². The van der Waals surface area contributed by atoms with Crippen LogP contribution in [0.2, 0.25) is 5.02 Å². The first-order valence-electron chi connectivity index (χ1n) is 7.04. The highest BCUT2D eigenvalue weighted by molar-refractivity contribution is 6.31. The fourth-order valence-corrected chi connectivity index (χ4v) is 1.81. The molecule has 0 bridgehead atoms. The van der Waals surface area contributed by atoms with Crippen molar-refractivity contribution in [1.29, 1.82) is 10.7 Å². The first-order chi connectivity index (χ1) is 10.8. The maximum Gasteiger partial charge on any atom is 0.138 e. The Morgan fingerprint density at radius 2 is 2.13 bits per heavy atom. The van der Waals surface area contributed by atoms with E-state index in [9.17, 15) is 0 Å². The van der Waals surface area contributed by atoms with Crippen molar-refractivity contribution in [3.8, 4) is 6.07 Å². The average molecular weight is 333 g/mol. The van der Waals surface area contributed by atoms with Crippen molar-refractivity contribution in [2.45, 2.75) is 19.9 Å². The van der Waals surface area contributed by atoms with Crippen LogP contribution in [-0.4, -0.2) is 5.84 Å². The van der Waals surface area contributed by atoms with Crippen LogP contribution in [0.3, 0.4) is 0 Å². The Hall–Kier alpha value is -2.49. The lowest BCUT2D eigenvalue weighted by atomic mass is 10.1. The highest BCUT2D eigenvalue weighted by atomic mass is 35.5. The van der Waals surface area contributed by atoms with Crippen molar-refractivity contribution < 1.29 is 0 Å². The molecule has 0 aliphatic heterocycles. The van der Waals surface area contributed by atoms with Crippen LogP contribution in [0.4, 0.5) is 0 Å². The van der Waals surface area contributed by atoms with Crippen LogP contribution in [0.1, 0.15) is 31.0 Å². The molecule has 0 amide bonds. The minimum Gasteiger partial charge on any atom is -0.402 e. The smallest absolute Gasteiger partial charge is 0.138 e. The number of allylic oxidation sites excluding steroid dienone is 1. The third-order valence-corrected chi connectivity index (χ3v) is 3.38. The molecule has 0 fully saturated rings. The van der Waals surface area contributed by atoms with E-state index in [1.807, 2.05) is 19.9 Å². The topological polar surface area (TPSA) is 124 Å². The van der Waals surface area contributed by atoms with E-state index in [0.29, 0.717) is 16.3 Å². The van der Waals surface area contributed by atoms with Gasteiger partial charge in [0.05, 0.1) is 10.6 Å². The zero-order valence-corrected chi connectivity index (χ0v) is 13.9. The van der Waals surface area contributed by atoms with E-state index in [-0.39, 0.29) is 17.8 Å². The van der Waals surface area contributed by atoms with Crippen molar-refractivity contribution >= 4 is 17.4 Å². The number of hydrogen-bond acceptors (Lipinski definition) is 5. The maximum atomic E-state index is 8.84. The van der Waals surface area contributed by atoms with Gasteiger partial charge in [0.25, 0.3) is 0 Å². The fraction of sp³-hybridized carbons (Fsp3) is 0.250. The summed E-state index contributed by atoms with van der Waals surface area (Å²) in [5.41, 5.74) is 19.0. The van der Waals surface area contributed by atoms with Gasteiger partial charge >= 0.3 is 0 Å². The fourth-order valence-electron chi connectivity index (χ4n) is 1.58. The van der Waals surface area contributed by atoms with E-state index in [2.05, 4.69) is 10.9 Å². The van der Waals surface area contributed by atoms with Gasteiger partial charge in [-0.3, -0.25) is 10.8 Å². The number of halogens is 1. The molecule has 122 valence electrons. The lowest BCUT2D eigenvalue weighted by Crippen LogP contribution is -2.32. The van der Waals surface area contributed by atoms with Gasteiger partial charge in [0.15, 0.2) is 0 Å². The normalized spacial score (nSPS) is 13.0. The molecule has 0 aromatic heterocycles. The van der Waals surface area contributed by atoms with Crippen molar-refractivity contribution in [2.75, 3.05) is 0 Å². The molecule has 1 rings (SSSR count). The highest BCUT2D eigenvalue weighted by Crippen LogP contribution is 2.20. The van der Waals surface area contributed by atoms with Crippen LogP contribution in [0.25, 0.3) is 0 Å². The lowest BCUT2D eigenvalue weighted by Gasteiger charge is -2.10. The van der Waals surface area contributed by atoms with Crippen molar-refractivity contribution in [3.63, 3.8) is 0 Å². The predicted molar refractivity (Wildman–Crippen MR) is 93.3 cm³/mol. The zero-order chi connectivity index (χ0) is 17.4. The van der Waals surface area contributed by atoms with Gasteiger partial charge in [-0.1, -0.05) is 31.5 Å². The van der Waals surface area contributed by atoms with Crippen LogP contribution in [-0.2, 0) is 0 Å². The van der Waals surface area contributed by atoms with E-state index in [1.165, 1.54) is 0 Å². The summed E-state index contributed by atoms with van der Waals surface area (Å²) in [6.07, 6.45) is 4.84. The number of amidine groups is 1. The Morgan fingerprint density at radius 1 is 1.43 bits per heavy atom. The average Bonchev–Trinajstić information content (AvgIpc) is 2.51. The molecule has 0 aliphatic rings. The monoisotopic (exact) mass is 332 g/mol. The molecule has 0 aliphatic carbocycles. The second-order valence-corrected chi connectivity index (χ2v) is 5.63. The molecular formula is C16H21ClN6. The Bertz CT molecular complexity index is 657. The molecule has 1 unspecified atom stereocenters. The standard InChI is InChI=1S/C16H21ClN6/c1-10(2)15(20)8-16(21)23-22-6-5-14(19)11-3-4-12(9-18)13(17)7-11/h3-8,10,14,22H,19-20H2,1-2H3,(H2,21,23)/b6-5-,15-8-. The lowest BCUT2D eigenvalue weighted by molar-refractivity contribution is 0.753. The number of benzene rings is 1. The summed E-state index contributed by atoms with van der Waals surface area (Å²) in [5.74, 6) is 0.332. The van der Waals surface area contributed by atoms with Gasteiger partial charge in [0, 0.05) is 24.0 Å². The zero-order valence-electron chi connectivity index (χ0n) is 13.1. The molecule has 6 nitrogen and oxygen atoms in total. The molecule has 1 atom stereocenters. The molecule has 0 saturated carbocycles. The molecule has 0 saturated heterocycles. The van der Waals surface area contributed by atoms with Crippen LogP contribution in [0.15, 0.2) is 42.2 Å². The van der Waals surface area contributed by atoms with Crippen molar-refractivity contribution in [3.05, 3.63) is 58.4 Å². The number of nitrogens with zero attached hydrogens (tertiary/aromatic N) is 1. The predicted octanol–water partition coefficient (Wildman–Crippen LogP) is 2.30. The first-order valence-corrected chi connectivity index (χ1v) is 7.42. The molecule has 7 N–H and O–H groups in total. The molecule has 1 aromatic rings. The Labute approximate surface area is 141 Å². The van der Waals surface area contributed by atoms with Crippen molar-refractivity contribution in [1.82, 2.24) is 10.9 Å². The Kier molecular flexibility index (Phi) is 7.13. The number of rotatable bonds is 6. The molecule has 1 aromatic carbocycles. The van der Waals surface area contributed by atoms with E-state index in [4.69, 9.17) is 33.7 Å². The highest BCUT2D eigenvalue weighted by Gasteiger charge is 2.05. The minimum absolute atomic E-state index is 0.149. The third-order valence-electron chi connectivity index (χ3n) is 3.07. The second-order valence-electron chi connectivity index (χ2n) is 5.22. The molecular weight excluding hydrogens is 312 g/mol. The quantitative estimate of drug-likeness (QED) is 0.310. The maximum absolute atomic E-state index is 8.84. The largest absolute Gasteiger partial charge is 0.402 e. The van der Waals surface area contributed by atoms with E-state index in [1.54, 1.807) is 36.6 Å². The molecule has 0 heterocycles. The van der Waals surface area contributed by atoms with Crippen LogP contribution >= 0.6 is 11.6 Å². The number of nitriles is 1. The van der Waals surface area contributed by atoms with Gasteiger partial charge in [0.2, 0.25) is 0 Å². The van der Waals surface area contributed by atoms with Gasteiger partial charge in [0.1, 0.15) is 11.9 Å². The summed E-state index contributed by atoms with van der Waals surface area (Å²) >= 11 is 5.97.